The number of nitrogens with zero attached hydrogens (tertiary/aromatic N) is 1. The number of amides is 3. The van der Waals surface area contributed by atoms with Crippen molar-refractivity contribution in [3.05, 3.63) is 0 Å². The number of hydrogen-bond acceptors (Lipinski definition) is 2. The second kappa shape index (κ2) is 8.09. The number of likely N-dealkylation sites (tertiary alicyclic amines) is 1. The predicted octanol–water partition coefficient (Wildman–Crippen LogP) is 2.68. The zero-order chi connectivity index (χ0) is 12.5. The molecule has 0 bridgehead atoms. The number of carbonyl (C=O) groups is 2. The van der Waals surface area contributed by atoms with E-state index < -0.39 is 0 Å². The first-order valence-corrected chi connectivity index (χ1v) is 6.84. The summed E-state index contributed by atoms with van der Waals surface area (Å²) in [5.74, 6) is -0.0536. The second-order valence-corrected chi connectivity index (χ2v) is 4.65. The predicted molar refractivity (Wildman–Crippen MR) is 67.7 cm³/mol. The minimum Gasteiger partial charge on any atom is -0.338 e. The number of unbranched alkanes of at least 4 members (excludes halogenated alkanes) is 6. The molecule has 0 atom stereocenters. The molecule has 4 nitrogen and oxygen atoms in total. The molecule has 0 saturated carbocycles. The molecular formula is C13H24N2O2. The highest BCUT2D eigenvalue weighted by atomic mass is 16.2. The molecule has 1 saturated heterocycles. The van der Waals surface area contributed by atoms with Crippen molar-refractivity contribution in [3.63, 3.8) is 0 Å². The summed E-state index contributed by atoms with van der Waals surface area (Å²) in [6.45, 7) is 3.49. The molecule has 1 fully saturated rings. The molecule has 0 aliphatic carbocycles. The molecule has 0 aromatic carbocycles. The molecule has 0 spiro atoms. The van der Waals surface area contributed by atoms with E-state index in [2.05, 4.69) is 12.2 Å². The Bertz CT molecular complexity index is 254. The SMILES string of the molecule is CCCCCCCCCNC(=O)N1CCC1=O. The molecule has 0 radical (unpaired) electrons. The summed E-state index contributed by atoms with van der Waals surface area (Å²) in [6, 6.07) is -0.216. The third kappa shape index (κ3) is 5.20. The Morgan fingerprint density at radius 2 is 1.82 bits per heavy atom. The summed E-state index contributed by atoms with van der Waals surface area (Å²) in [4.78, 5) is 23.7. The Labute approximate surface area is 104 Å². The topological polar surface area (TPSA) is 49.4 Å². The van der Waals surface area contributed by atoms with Gasteiger partial charge < -0.3 is 5.32 Å². The van der Waals surface area contributed by atoms with Gasteiger partial charge >= 0.3 is 6.03 Å². The van der Waals surface area contributed by atoms with Crippen LogP contribution in [0.2, 0.25) is 0 Å². The second-order valence-electron chi connectivity index (χ2n) is 4.65. The van der Waals surface area contributed by atoms with Crippen molar-refractivity contribution in [1.82, 2.24) is 10.2 Å². The number of nitrogens with one attached hydrogen (secondary N) is 1. The molecule has 0 aromatic heterocycles. The Morgan fingerprint density at radius 3 is 2.35 bits per heavy atom. The van der Waals surface area contributed by atoms with Gasteiger partial charge in [0.05, 0.1) is 0 Å². The van der Waals surface area contributed by atoms with Gasteiger partial charge in [-0.3, -0.25) is 9.69 Å². The van der Waals surface area contributed by atoms with Gasteiger partial charge in [-0.2, -0.15) is 0 Å². The molecule has 1 rings (SSSR count). The Hall–Kier alpha value is -1.06. The van der Waals surface area contributed by atoms with Crippen molar-refractivity contribution in [2.45, 2.75) is 58.3 Å². The average Bonchev–Trinajstić information content (AvgIpc) is 2.30. The highest BCUT2D eigenvalue weighted by Crippen LogP contribution is 2.08. The van der Waals surface area contributed by atoms with Crippen molar-refractivity contribution in [1.29, 1.82) is 0 Å². The van der Waals surface area contributed by atoms with E-state index in [0.717, 1.165) is 12.8 Å². The molecule has 1 aliphatic rings. The van der Waals surface area contributed by atoms with Crippen LogP contribution < -0.4 is 5.32 Å². The quantitative estimate of drug-likeness (QED) is 0.524. The zero-order valence-electron chi connectivity index (χ0n) is 10.8. The summed E-state index contributed by atoms with van der Waals surface area (Å²) in [5.41, 5.74) is 0. The van der Waals surface area contributed by atoms with Crippen LogP contribution in [-0.4, -0.2) is 29.9 Å². The Kier molecular flexibility index (Phi) is 6.67. The highest BCUT2D eigenvalue weighted by Gasteiger charge is 2.29. The monoisotopic (exact) mass is 240 g/mol. The van der Waals surface area contributed by atoms with E-state index in [-0.39, 0.29) is 11.9 Å². The van der Waals surface area contributed by atoms with Crippen LogP contribution >= 0.6 is 0 Å². The van der Waals surface area contributed by atoms with E-state index >= 15 is 0 Å². The number of carbonyl (C=O) groups excluding carboxylic acids is 2. The third-order valence-electron chi connectivity index (χ3n) is 3.15. The van der Waals surface area contributed by atoms with Crippen LogP contribution in [0.5, 0.6) is 0 Å². The zero-order valence-corrected chi connectivity index (χ0v) is 10.8. The maximum absolute atomic E-state index is 11.4. The van der Waals surface area contributed by atoms with Gasteiger partial charge in [0.1, 0.15) is 0 Å². The van der Waals surface area contributed by atoms with Crippen LogP contribution in [-0.2, 0) is 4.79 Å². The minimum absolute atomic E-state index is 0.0536. The first-order valence-electron chi connectivity index (χ1n) is 6.84. The van der Waals surface area contributed by atoms with E-state index in [1.807, 2.05) is 0 Å². The van der Waals surface area contributed by atoms with Crippen LogP contribution in [0.1, 0.15) is 58.3 Å². The first kappa shape index (κ1) is 14.0. The smallest absolute Gasteiger partial charge is 0.324 e. The molecule has 0 unspecified atom stereocenters. The highest BCUT2D eigenvalue weighted by molar-refractivity contribution is 5.98. The van der Waals surface area contributed by atoms with Crippen LogP contribution in [0, 0.1) is 0 Å². The lowest BCUT2D eigenvalue weighted by molar-refractivity contribution is -0.135. The fourth-order valence-electron chi connectivity index (χ4n) is 1.90. The minimum atomic E-state index is -0.216. The molecule has 1 heterocycles. The van der Waals surface area contributed by atoms with E-state index in [0.29, 0.717) is 19.5 Å². The molecular weight excluding hydrogens is 216 g/mol. The molecule has 17 heavy (non-hydrogen) atoms. The van der Waals surface area contributed by atoms with Gasteiger partial charge in [-0.15, -0.1) is 0 Å². The lowest BCUT2D eigenvalue weighted by Crippen LogP contribution is -2.52. The normalized spacial score (nSPS) is 14.6. The summed E-state index contributed by atoms with van der Waals surface area (Å²) < 4.78 is 0. The van der Waals surface area contributed by atoms with Gasteiger partial charge in [0.25, 0.3) is 0 Å². The van der Waals surface area contributed by atoms with Crippen molar-refractivity contribution in [2.24, 2.45) is 0 Å². The standard InChI is InChI=1S/C13H24N2O2/c1-2-3-4-5-6-7-8-10-14-13(17)15-11-9-12(15)16/h2-11H2,1H3,(H,14,17). The van der Waals surface area contributed by atoms with Gasteiger partial charge in [0, 0.05) is 19.5 Å². The largest absolute Gasteiger partial charge is 0.338 e. The summed E-state index contributed by atoms with van der Waals surface area (Å²) >= 11 is 0. The maximum Gasteiger partial charge on any atom is 0.324 e. The summed E-state index contributed by atoms with van der Waals surface area (Å²) in [7, 11) is 0. The van der Waals surface area contributed by atoms with Crippen LogP contribution in [0.4, 0.5) is 4.79 Å². The number of urea groups is 1. The fourth-order valence-corrected chi connectivity index (χ4v) is 1.90. The molecule has 3 amide bonds. The maximum atomic E-state index is 11.4. The lowest BCUT2D eigenvalue weighted by Gasteiger charge is -2.28. The van der Waals surface area contributed by atoms with Crippen LogP contribution in [0.25, 0.3) is 0 Å². The molecule has 1 N–H and O–H groups in total. The third-order valence-corrected chi connectivity index (χ3v) is 3.15. The molecule has 4 heteroatoms. The lowest BCUT2D eigenvalue weighted by atomic mass is 10.1. The van der Waals surface area contributed by atoms with Crippen molar-refractivity contribution < 1.29 is 9.59 Å². The van der Waals surface area contributed by atoms with Gasteiger partial charge in [-0.05, 0) is 6.42 Å². The van der Waals surface area contributed by atoms with Gasteiger partial charge in [-0.25, -0.2) is 4.79 Å². The molecule has 0 aromatic rings. The van der Waals surface area contributed by atoms with Gasteiger partial charge in [0.15, 0.2) is 0 Å². The number of β-lactam (4-membered cyclic amide) rings is 1. The van der Waals surface area contributed by atoms with E-state index in [1.54, 1.807) is 0 Å². The fraction of sp³-hybridized carbons (Fsp3) is 0.846. The summed E-state index contributed by atoms with van der Waals surface area (Å²) in [6.07, 6.45) is 9.17. The van der Waals surface area contributed by atoms with Crippen molar-refractivity contribution in [3.8, 4) is 0 Å². The van der Waals surface area contributed by atoms with Gasteiger partial charge in [0.2, 0.25) is 5.91 Å². The summed E-state index contributed by atoms with van der Waals surface area (Å²) in [5, 5.41) is 2.78. The van der Waals surface area contributed by atoms with Gasteiger partial charge in [-0.1, -0.05) is 45.4 Å². The average molecular weight is 240 g/mol. The van der Waals surface area contributed by atoms with Crippen LogP contribution in [0.3, 0.4) is 0 Å². The molecule has 98 valence electrons. The molecule has 1 aliphatic heterocycles. The van der Waals surface area contributed by atoms with E-state index in [4.69, 9.17) is 0 Å². The number of hydrogen-bond donors (Lipinski definition) is 1. The van der Waals surface area contributed by atoms with Crippen molar-refractivity contribution >= 4 is 11.9 Å². The van der Waals surface area contributed by atoms with E-state index in [1.165, 1.54) is 37.0 Å². The van der Waals surface area contributed by atoms with E-state index in [9.17, 15) is 9.59 Å². The number of rotatable bonds is 8. The van der Waals surface area contributed by atoms with Crippen molar-refractivity contribution in [2.75, 3.05) is 13.1 Å². The Balaban J connectivity index is 1.87. The van der Waals surface area contributed by atoms with Crippen LogP contribution in [0.15, 0.2) is 0 Å². The first-order chi connectivity index (χ1) is 8.25. The Morgan fingerprint density at radius 1 is 1.18 bits per heavy atom. The number of imide groups is 1.